The molecular weight excluding hydrogens is 342 g/mol. The van der Waals surface area contributed by atoms with E-state index in [1.54, 1.807) is 12.1 Å². The Balaban J connectivity index is 0.00000225. The highest BCUT2D eigenvalue weighted by atomic mass is 35.5. The highest BCUT2D eigenvalue weighted by molar-refractivity contribution is 5.94. The largest absolute Gasteiger partial charge is 0.484 e. The first-order valence-electron chi connectivity index (χ1n) is 8.64. The summed E-state index contributed by atoms with van der Waals surface area (Å²) < 4.78 is 5.61. The molecule has 1 heterocycles. The smallest absolute Gasteiger partial charge is 0.260 e. The Morgan fingerprint density at radius 3 is 2.56 bits per heavy atom. The molecule has 1 saturated heterocycles. The molecule has 1 aromatic carbocycles. The van der Waals surface area contributed by atoms with Gasteiger partial charge in [-0.25, -0.2) is 0 Å². The van der Waals surface area contributed by atoms with Crippen LogP contribution in [0.15, 0.2) is 24.3 Å². The fraction of sp³-hybridized carbons (Fsp3) is 0.556. The van der Waals surface area contributed by atoms with Crippen molar-refractivity contribution in [1.82, 2.24) is 10.2 Å². The molecular formula is C18H26ClN3O3. The minimum absolute atomic E-state index is 0. The maximum Gasteiger partial charge on any atom is 0.260 e. The van der Waals surface area contributed by atoms with E-state index in [1.807, 2.05) is 24.1 Å². The van der Waals surface area contributed by atoms with Crippen molar-refractivity contribution in [3.05, 3.63) is 24.3 Å². The molecule has 2 fully saturated rings. The van der Waals surface area contributed by atoms with Gasteiger partial charge in [0.1, 0.15) is 5.75 Å². The molecule has 7 heteroatoms. The number of hydrogen-bond donors (Lipinski definition) is 2. The van der Waals surface area contributed by atoms with Crippen molar-refractivity contribution in [3.8, 4) is 5.75 Å². The molecule has 0 bridgehead atoms. The zero-order chi connectivity index (χ0) is 16.9. The normalized spacial score (nSPS) is 17.6. The Morgan fingerprint density at radius 2 is 1.92 bits per heavy atom. The van der Waals surface area contributed by atoms with Gasteiger partial charge in [0.05, 0.1) is 0 Å². The molecule has 25 heavy (non-hydrogen) atoms. The van der Waals surface area contributed by atoms with Crippen molar-refractivity contribution in [2.75, 3.05) is 32.1 Å². The van der Waals surface area contributed by atoms with Crippen molar-refractivity contribution in [2.24, 2.45) is 5.92 Å². The molecule has 6 nitrogen and oxygen atoms in total. The standard InChI is InChI=1S/C18H25N3O3.ClH/c1-19-14-7-9-21(10-8-14)17(22)12-24-16-4-2-3-15(11-16)20-18(23)13-5-6-13;/h2-4,11,13-14,19H,5-10,12H2,1H3,(H,20,23);1H. The highest BCUT2D eigenvalue weighted by Crippen LogP contribution is 2.30. The van der Waals surface area contributed by atoms with E-state index in [1.165, 1.54) is 0 Å². The summed E-state index contributed by atoms with van der Waals surface area (Å²) in [6.45, 7) is 1.57. The predicted octanol–water partition coefficient (Wildman–Crippen LogP) is 2.05. The van der Waals surface area contributed by atoms with Crippen LogP contribution in [0.1, 0.15) is 25.7 Å². The summed E-state index contributed by atoms with van der Waals surface area (Å²) in [6, 6.07) is 7.72. The van der Waals surface area contributed by atoms with Crippen LogP contribution in [0.4, 0.5) is 5.69 Å². The predicted molar refractivity (Wildman–Crippen MR) is 99.2 cm³/mol. The van der Waals surface area contributed by atoms with E-state index >= 15 is 0 Å². The molecule has 1 saturated carbocycles. The molecule has 0 aromatic heterocycles. The number of rotatable bonds is 6. The minimum atomic E-state index is 0. The minimum Gasteiger partial charge on any atom is -0.484 e. The monoisotopic (exact) mass is 367 g/mol. The zero-order valence-electron chi connectivity index (χ0n) is 14.5. The molecule has 1 aliphatic heterocycles. The molecule has 3 rings (SSSR count). The Hall–Kier alpha value is -1.79. The lowest BCUT2D eigenvalue weighted by atomic mass is 10.1. The first kappa shape index (κ1) is 19.5. The van der Waals surface area contributed by atoms with Gasteiger partial charge in [-0.1, -0.05) is 6.07 Å². The average molecular weight is 368 g/mol. The van der Waals surface area contributed by atoms with Gasteiger partial charge in [-0.3, -0.25) is 9.59 Å². The summed E-state index contributed by atoms with van der Waals surface area (Å²) in [6.07, 6.45) is 3.90. The van der Waals surface area contributed by atoms with Gasteiger partial charge in [0.15, 0.2) is 6.61 Å². The molecule has 2 aliphatic rings. The van der Waals surface area contributed by atoms with Gasteiger partial charge in [0.25, 0.3) is 5.91 Å². The number of ether oxygens (including phenoxy) is 1. The topological polar surface area (TPSA) is 70.7 Å². The molecule has 2 N–H and O–H groups in total. The number of likely N-dealkylation sites (tertiary alicyclic amines) is 1. The second-order valence-corrected chi connectivity index (χ2v) is 6.52. The Labute approximate surface area is 154 Å². The second-order valence-electron chi connectivity index (χ2n) is 6.52. The van der Waals surface area contributed by atoms with Crippen molar-refractivity contribution < 1.29 is 14.3 Å². The summed E-state index contributed by atoms with van der Waals surface area (Å²) in [5.74, 6) is 0.839. The van der Waals surface area contributed by atoms with Gasteiger partial charge >= 0.3 is 0 Å². The summed E-state index contributed by atoms with van der Waals surface area (Å²) in [5.41, 5.74) is 0.715. The number of carbonyl (C=O) groups excluding carboxylic acids is 2. The first-order valence-corrected chi connectivity index (χ1v) is 8.64. The number of halogens is 1. The van der Waals surface area contributed by atoms with Crippen LogP contribution < -0.4 is 15.4 Å². The third kappa shape index (κ3) is 5.61. The third-order valence-electron chi connectivity index (χ3n) is 4.67. The number of anilines is 1. The van der Waals surface area contributed by atoms with E-state index in [9.17, 15) is 9.59 Å². The fourth-order valence-electron chi connectivity index (χ4n) is 2.91. The summed E-state index contributed by atoms with van der Waals surface area (Å²) >= 11 is 0. The van der Waals surface area contributed by atoms with Crippen LogP contribution in [0.3, 0.4) is 0 Å². The number of nitrogens with one attached hydrogen (secondary N) is 2. The number of hydrogen-bond acceptors (Lipinski definition) is 4. The molecule has 0 atom stereocenters. The summed E-state index contributed by atoms with van der Waals surface area (Å²) in [4.78, 5) is 25.9. The lowest BCUT2D eigenvalue weighted by Gasteiger charge is -2.31. The van der Waals surface area contributed by atoms with Gasteiger partial charge in [-0.2, -0.15) is 0 Å². The lowest BCUT2D eigenvalue weighted by molar-refractivity contribution is -0.134. The summed E-state index contributed by atoms with van der Waals surface area (Å²) in [7, 11) is 1.96. The molecule has 0 spiro atoms. The third-order valence-corrected chi connectivity index (χ3v) is 4.67. The quantitative estimate of drug-likeness (QED) is 0.807. The molecule has 1 aromatic rings. The molecule has 2 amide bonds. The Morgan fingerprint density at radius 1 is 1.20 bits per heavy atom. The Kier molecular flexibility index (Phi) is 7.08. The van der Waals surface area contributed by atoms with E-state index in [0.717, 1.165) is 38.8 Å². The van der Waals surface area contributed by atoms with Crippen LogP contribution in [0.25, 0.3) is 0 Å². The maximum absolute atomic E-state index is 12.2. The van der Waals surface area contributed by atoms with Crippen LogP contribution in [-0.4, -0.2) is 49.5 Å². The zero-order valence-corrected chi connectivity index (χ0v) is 15.3. The van der Waals surface area contributed by atoms with E-state index in [-0.39, 0.29) is 36.7 Å². The van der Waals surface area contributed by atoms with Crippen LogP contribution in [-0.2, 0) is 9.59 Å². The van der Waals surface area contributed by atoms with Crippen molar-refractivity contribution in [1.29, 1.82) is 0 Å². The van der Waals surface area contributed by atoms with E-state index < -0.39 is 0 Å². The number of benzene rings is 1. The first-order chi connectivity index (χ1) is 11.7. The molecule has 0 unspecified atom stereocenters. The SMILES string of the molecule is CNC1CCN(C(=O)COc2cccc(NC(=O)C3CC3)c2)CC1.Cl. The van der Waals surface area contributed by atoms with Crippen LogP contribution in [0.5, 0.6) is 5.75 Å². The number of amides is 2. The van der Waals surface area contributed by atoms with Crippen molar-refractivity contribution in [3.63, 3.8) is 0 Å². The second kappa shape index (κ2) is 9.06. The number of piperidine rings is 1. The van der Waals surface area contributed by atoms with Gasteiger partial charge in [-0.15, -0.1) is 12.4 Å². The van der Waals surface area contributed by atoms with Crippen molar-refractivity contribution >= 4 is 29.9 Å². The van der Waals surface area contributed by atoms with Crippen molar-refractivity contribution in [2.45, 2.75) is 31.7 Å². The molecule has 0 radical (unpaired) electrons. The highest BCUT2D eigenvalue weighted by Gasteiger charge is 2.29. The maximum atomic E-state index is 12.2. The van der Waals surface area contributed by atoms with Crippen LogP contribution >= 0.6 is 12.4 Å². The molecule has 138 valence electrons. The number of carbonyl (C=O) groups is 2. The molecule has 1 aliphatic carbocycles. The lowest BCUT2D eigenvalue weighted by Crippen LogP contribution is -2.45. The van der Waals surface area contributed by atoms with Gasteiger partial charge in [0, 0.05) is 36.8 Å². The van der Waals surface area contributed by atoms with Crippen LogP contribution in [0, 0.1) is 5.92 Å². The van der Waals surface area contributed by atoms with E-state index in [2.05, 4.69) is 10.6 Å². The summed E-state index contributed by atoms with van der Waals surface area (Å²) in [5, 5.41) is 6.14. The Bertz CT molecular complexity index is 599. The average Bonchev–Trinajstić information content (AvgIpc) is 3.45. The van der Waals surface area contributed by atoms with Gasteiger partial charge in [0.2, 0.25) is 5.91 Å². The van der Waals surface area contributed by atoms with Crippen LogP contribution in [0.2, 0.25) is 0 Å². The fourth-order valence-corrected chi connectivity index (χ4v) is 2.91. The van der Waals surface area contributed by atoms with Gasteiger partial charge < -0.3 is 20.3 Å². The van der Waals surface area contributed by atoms with E-state index in [4.69, 9.17) is 4.74 Å². The number of nitrogens with zero attached hydrogens (tertiary/aromatic N) is 1. The van der Waals surface area contributed by atoms with Gasteiger partial charge in [-0.05, 0) is 44.9 Å². The van der Waals surface area contributed by atoms with E-state index in [0.29, 0.717) is 17.5 Å².